The van der Waals surface area contributed by atoms with E-state index in [-0.39, 0.29) is 18.4 Å². The zero-order chi connectivity index (χ0) is 11.4. The maximum absolute atomic E-state index is 12.5. The first-order valence-corrected chi connectivity index (χ1v) is 3.89. The summed E-state index contributed by atoms with van der Waals surface area (Å²) < 4.78 is 47.5. The van der Waals surface area contributed by atoms with Crippen molar-refractivity contribution in [2.75, 3.05) is 0 Å². The number of halogens is 4. The van der Waals surface area contributed by atoms with Gasteiger partial charge in [0.15, 0.2) is 0 Å². The molecular weight excluding hydrogens is 204 g/mol. The van der Waals surface area contributed by atoms with E-state index < -0.39 is 24.4 Å². The van der Waals surface area contributed by atoms with Gasteiger partial charge in [-0.25, -0.2) is 4.79 Å². The van der Waals surface area contributed by atoms with Crippen molar-refractivity contribution >= 4 is 5.97 Å². The second kappa shape index (κ2) is 4.97. The van der Waals surface area contributed by atoms with Crippen molar-refractivity contribution < 1.29 is 27.5 Å². The van der Waals surface area contributed by atoms with Crippen LogP contribution in [0, 0.1) is 0 Å². The average Bonchev–Trinajstić information content (AvgIpc) is 2.00. The Hall–Kier alpha value is -1.07. The van der Waals surface area contributed by atoms with E-state index in [4.69, 9.17) is 5.11 Å². The van der Waals surface area contributed by atoms with Crippen LogP contribution >= 0.6 is 0 Å². The molecule has 0 unspecified atom stereocenters. The predicted molar refractivity (Wildman–Crippen MR) is 41.3 cm³/mol. The molecule has 0 heterocycles. The van der Waals surface area contributed by atoms with Crippen molar-refractivity contribution in [3.63, 3.8) is 0 Å². The Balaban J connectivity index is 4.03. The van der Waals surface area contributed by atoms with Gasteiger partial charge in [-0.1, -0.05) is 0 Å². The monoisotopic (exact) mass is 214 g/mol. The minimum Gasteiger partial charge on any atom is -0.476 e. The van der Waals surface area contributed by atoms with Crippen molar-refractivity contribution in [1.82, 2.24) is 0 Å². The van der Waals surface area contributed by atoms with Crippen molar-refractivity contribution in [2.24, 2.45) is 0 Å². The Morgan fingerprint density at radius 2 is 1.86 bits per heavy atom. The summed E-state index contributed by atoms with van der Waals surface area (Å²) in [6, 6.07) is 0. The zero-order valence-corrected chi connectivity index (χ0v) is 7.49. The topological polar surface area (TPSA) is 37.3 Å². The third kappa shape index (κ3) is 5.55. The Morgan fingerprint density at radius 3 is 2.21 bits per heavy atom. The molecule has 0 aliphatic carbocycles. The van der Waals surface area contributed by atoms with Crippen LogP contribution in [0.2, 0.25) is 0 Å². The molecule has 0 aliphatic rings. The second-order valence-electron chi connectivity index (χ2n) is 2.87. The van der Waals surface area contributed by atoms with Crippen LogP contribution in [-0.2, 0) is 4.79 Å². The fourth-order valence-electron chi connectivity index (χ4n) is 0.846. The number of alkyl halides is 3. The van der Waals surface area contributed by atoms with Gasteiger partial charge < -0.3 is 5.11 Å². The molecule has 0 saturated carbocycles. The normalized spacial score (nSPS) is 13.8. The number of carbonyl (C=O) groups is 1. The first kappa shape index (κ1) is 12.9. The fourth-order valence-corrected chi connectivity index (χ4v) is 0.846. The first-order chi connectivity index (χ1) is 6.24. The summed E-state index contributed by atoms with van der Waals surface area (Å²) in [5, 5.41) is 8.16. The van der Waals surface area contributed by atoms with E-state index in [2.05, 4.69) is 0 Å². The summed E-state index contributed by atoms with van der Waals surface area (Å²) in [5.74, 6) is -3.11. The Labute approximate surface area is 78.2 Å². The van der Waals surface area contributed by atoms with Crippen LogP contribution in [-0.4, -0.2) is 17.3 Å². The van der Waals surface area contributed by atoms with Crippen molar-refractivity contribution in [3.05, 3.63) is 11.4 Å². The molecule has 0 aliphatic heterocycles. The van der Waals surface area contributed by atoms with Crippen LogP contribution < -0.4 is 0 Å². The lowest BCUT2D eigenvalue weighted by atomic mass is 10.1. The van der Waals surface area contributed by atoms with Crippen molar-refractivity contribution in [1.29, 1.82) is 0 Å². The molecule has 14 heavy (non-hydrogen) atoms. The van der Waals surface area contributed by atoms with Gasteiger partial charge in [0.2, 0.25) is 5.83 Å². The summed E-state index contributed by atoms with van der Waals surface area (Å²) >= 11 is 0. The van der Waals surface area contributed by atoms with Crippen LogP contribution in [0.15, 0.2) is 11.4 Å². The molecule has 1 N–H and O–H groups in total. The van der Waals surface area contributed by atoms with E-state index in [1.165, 1.54) is 6.92 Å². The van der Waals surface area contributed by atoms with Gasteiger partial charge in [-0.3, -0.25) is 0 Å². The molecule has 0 radical (unpaired) electrons. The van der Waals surface area contributed by atoms with Gasteiger partial charge in [0.25, 0.3) is 0 Å². The highest BCUT2D eigenvalue weighted by Gasteiger charge is 2.26. The van der Waals surface area contributed by atoms with E-state index in [0.717, 1.165) is 0 Å². The minimum absolute atomic E-state index is 0.165. The van der Waals surface area contributed by atoms with E-state index >= 15 is 0 Å². The van der Waals surface area contributed by atoms with E-state index in [1.807, 2.05) is 0 Å². The SMILES string of the molecule is CC(CCCC(F)(F)F)=C(F)C(=O)O. The standard InChI is InChI=1S/C8H10F4O2/c1-5(6(9)7(13)14)3-2-4-8(10,11)12/h2-4H2,1H3,(H,13,14). The lowest BCUT2D eigenvalue weighted by Crippen LogP contribution is -2.07. The maximum atomic E-state index is 12.5. The predicted octanol–water partition coefficient (Wildman–Crippen LogP) is 3.05. The smallest absolute Gasteiger partial charge is 0.389 e. The highest BCUT2D eigenvalue weighted by Crippen LogP contribution is 2.24. The number of carboxylic acids is 1. The van der Waals surface area contributed by atoms with E-state index in [0.29, 0.717) is 0 Å². The molecule has 0 aromatic carbocycles. The third-order valence-corrected chi connectivity index (χ3v) is 1.57. The van der Waals surface area contributed by atoms with E-state index in [1.54, 1.807) is 0 Å². The van der Waals surface area contributed by atoms with Gasteiger partial charge >= 0.3 is 12.1 Å². The van der Waals surface area contributed by atoms with Gasteiger partial charge in [-0.05, 0) is 25.3 Å². The van der Waals surface area contributed by atoms with Crippen LogP contribution in [0.3, 0.4) is 0 Å². The minimum atomic E-state index is -4.28. The van der Waals surface area contributed by atoms with Crippen LogP contribution in [0.5, 0.6) is 0 Å². The number of hydrogen-bond donors (Lipinski definition) is 1. The summed E-state index contributed by atoms with van der Waals surface area (Å²) in [7, 11) is 0. The van der Waals surface area contributed by atoms with Crippen molar-refractivity contribution in [3.8, 4) is 0 Å². The molecule has 0 fully saturated rings. The van der Waals surface area contributed by atoms with E-state index in [9.17, 15) is 22.4 Å². The van der Waals surface area contributed by atoms with Gasteiger partial charge in [-0.15, -0.1) is 0 Å². The number of carboxylic acid groups (broad SMARTS) is 1. The molecule has 6 heteroatoms. The number of aliphatic carboxylic acids is 1. The number of allylic oxidation sites excluding steroid dienone is 1. The lowest BCUT2D eigenvalue weighted by Gasteiger charge is -2.05. The van der Waals surface area contributed by atoms with Gasteiger partial charge in [-0.2, -0.15) is 17.6 Å². The van der Waals surface area contributed by atoms with Gasteiger partial charge in [0, 0.05) is 6.42 Å². The molecule has 0 saturated heterocycles. The molecule has 0 rings (SSSR count). The largest absolute Gasteiger partial charge is 0.476 e. The quantitative estimate of drug-likeness (QED) is 0.576. The molecule has 0 aromatic rings. The Morgan fingerprint density at radius 1 is 1.36 bits per heavy atom. The average molecular weight is 214 g/mol. The second-order valence-corrected chi connectivity index (χ2v) is 2.87. The fraction of sp³-hybridized carbons (Fsp3) is 0.625. The highest BCUT2D eigenvalue weighted by atomic mass is 19.4. The molecule has 0 spiro atoms. The molecular formula is C8H10F4O2. The van der Waals surface area contributed by atoms with Crippen LogP contribution in [0.25, 0.3) is 0 Å². The van der Waals surface area contributed by atoms with Gasteiger partial charge in [0.1, 0.15) is 0 Å². The van der Waals surface area contributed by atoms with Crippen molar-refractivity contribution in [2.45, 2.75) is 32.4 Å². The lowest BCUT2D eigenvalue weighted by molar-refractivity contribution is -0.135. The number of rotatable bonds is 4. The highest BCUT2D eigenvalue weighted by molar-refractivity contribution is 5.84. The number of hydrogen-bond acceptors (Lipinski definition) is 1. The first-order valence-electron chi connectivity index (χ1n) is 3.89. The Bertz CT molecular complexity index is 242. The Kier molecular flexibility index (Phi) is 4.59. The summed E-state index contributed by atoms with van der Waals surface area (Å²) in [5.41, 5.74) is -0.165. The summed E-state index contributed by atoms with van der Waals surface area (Å²) in [6.45, 7) is 1.17. The van der Waals surface area contributed by atoms with Gasteiger partial charge in [0.05, 0.1) is 0 Å². The summed E-state index contributed by atoms with van der Waals surface area (Å²) in [4.78, 5) is 10.0. The molecule has 82 valence electrons. The molecule has 0 amide bonds. The zero-order valence-electron chi connectivity index (χ0n) is 7.49. The summed E-state index contributed by atoms with van der Waals surface area (Å²) in [6.07, 6.45) is -5.80. The van der Waals surface area contributed by atoms with Crippen LogP contribution in [0.4, 0.5) is 17.6 Å². The molecule has 0 aromatic heterocycles. The third-order valence-electron chi connectivity index (χ3n) is 1.57. The molecule has 2 nitrogen and oxygen atoms in total. The molecule has 0 bridgehead atoms. The van der Waals surface area contributed by atoms with Crippen LogP contribution in [0.1, 0.15) is 26.2 Å². The maximum Gasteiger partial charge on any atom is 0.389 e. The molecule has 0 atom stereocenters.